The fraction of sp³-hybridized carbons (Fsp3) is 0.278. The Morgan fingerprint density at radius 3 is 2.71 bits per heavy atom. The van der Waals surface area contributed by atoms with Crippen molar-refractivity contribution in [2.24, 2.45) is 0 Å². The van der Waals surface area contributed by atoms with Gasteiger partial charge in [0.1, 0.15) is 5.82 Å². The summed E-state index contributed by atoms with van der Waals surface area (Å²) in [5.74, 6) is -1.20. The third-order valence-electron chi connectivity index (χ3n) is 3.92. The number of hydrogen-bond acceptors (Lipinski definition) is 3. The second kappa shape index (κ2) is 7.20. The topological polar surface area (TPSA) is 41.6 Å². The maximum Gasteiger partial charge on any atom is 0.260 e. The Balaban J connectivity index is 1.71. The zero-order chi connectivity index (χ0) is 17.1. The van der Waals surface area contributed by atoms with E-state index in [0.29, 0.717) is 12.3 Å². The van der Waals surface area contributed by atoms with E-state index in [0.717, 1.165) is 18.8 Å². The maximum atomic E-state index is 13.8. The van der Waals surface area contributed by atoms with E-state index < -0.39 is 11.7 Å². The molecule has 0 bridgehead atoms. The monoisotopic (exact) mass is 348 g/mol. The van der Waals surface area contributed by atoms with Crippen molar-refractivity contribution in [2.45, 2.75) is 13.0 Å². The molecule has 1 aliphatic heterocycles. The molecular formula is C18H18ClFN2O2. The molecule has 1 saturated heterocycles. The minimum atomic E-state index is -0.640. The molecule has 0 aromatic heterocycles. The molecule has 126 valence electrons. The lowest BCUT2D eigenvalue weighted by atomic mass is 10.2. The largest absolute Gasteiger partial charge is 0.375 e. The Hall–Kier alpha value is -2.11. The van der Waals surface area contributed by atoms with Gasteiger partial charge in [0, 0.05) is 24.5 Å². The molecule has 3 rings (SSSR count). The van der Waals surface area contributed by atoms with Crippen LogP contribution < -0.4 is 10.2 Å². The highest BCUT2D eigenvalue weighted by molar-refractivity contribution is 6.34. The smallest absolute Gasteiger partial charge is 0.260 e. The summed E-state index contributed by atoms with van der Waals surface area (Å²) in [5.41, 5.74) is 1.50. The molecule has 6 heteroatoms. The predicted octanol–water partition coefficient (Wildman–Crippen LogP) is 3.96. The standard InChI is InChI=1S/C18H18ClFN2O2/c1-12-11-22(9-10-24-12)14-7-5-13(6-8-14)21-18(23)17-15(19)3-2-4-16(17)20/h2-8,12H,9-11H2,1H3,(H,21,23). The van der Waals surface area contributed by atoms with E-state index in [-0.39, 0.29) is 16.7 Å². The zero-order valence-corrected chi connectivity index (χ0v) is 14.0. The normalized spacial score (nSPS) is 17.6. The minimum absolute atomic E-state index is 0.0893. The van der Waals surface area contributed by atoms with E-state index in [1.807, 2.05) is 19.1 Å². The number of amides is 1. The predicted molar refractivity (Wildman–Crippen MR) is 93.4 cm³/mol. The molecule has 1 aliphatic rings. The number of nitrogens with zero attached hydrogens (tertiary/aromatic N) is 1. The number of nitrogens with one attached hydrogen (secondary N) is 1. The van der Waals surface area contributed by atoms with Gasteiger partial charge in [-0.25, -0.2) is 4.39 Å². The number of carbonyl (C=O) groups is 1. The Bertz CT molecular complexity index is 716. The molecule has 1 N–H and O–H groups in total. The third kappa shape index (κ3) is 3.68. The Morgan fingerprint density at radius 1 is 1.29 bits per heavy atom. The van der Waals surface area contributed by atoms with Crippen molar-refractivity contribution in [2.75, 3.05) is 29.9 Å². The van der Waals surface area contributed by atoms with Crippen molar-refractivity contribution in [3.05, 3.63) is 58.9 Å². The van der Waals surface area contributed by atoms with Gasteiger partial charge in [-0.2, -0.15) is 0 Å². The SMILES string of the molecule is CC1CN(c2ccc(NC(=O)c3c(F)cccc3Cl)cc2)CCO1. The summed E-state index contributed by atoms with van der Waals surface area (Å²) in [5, 5.41) is 2.76. The molecule has 1 unspecified atom stereocenters. The lowest BCUT2D eigenvalue weighted by molar-refractivity contribution is 0.0532. The van der Waals surface area contributed by atoms with Crippen LogP contribution in [0.4, 0.5) is 15.8 Å². The average molecular weight is 349 g/mol. The maximum absolute atomic E-state index is 13.8. The van der Waals surface area contributed by atoms with E-state index in [2.05, 4.69) is 10.2 Å². The lowest BCUT2D eigenvalue weighted by Crippen LogP contribution is -2.41. The second-order valence-corrected chi connectivity index (χ2v) is 6.13. The van der Waals surface area contributed by atoms with Gasteiger partial charge in [-0.3, -0.25) is 4.79 Å². The molecule has 0 saturated carbocycles. The highest BCUT2D eigenvalue weighted by Crippen LogP contribution is 2.23. The first kappa shape index (κ1) is 16.7. The Morgan fingerprint density at radius 2 is 2.04 bits per heavy atom. The molecule has 1 heterocycles. The van der Waals surface area contributed by atoms with E-state index in [9.17, 15) is 9.18 Å². The van der Waals surface area contributed by atoms with Gasteiger partial charge in [0.05, 0.1) is 23.3 Å². The first-order valence-corrected chi connectivity index (χ1v) is 8.14. The number of carbonyl (C=O) groups excluding carboxylic acids is 1. The van der Waals surface area contributed by atoms with Crippen LogP contribution in [0.25, 0.3) is 0 Å². The van der Waals surface area contributed by atoms with Crippen LogP contribution in [0.5, 0.6) is 0 Å². The summed E-state index contributed by atoms with van der Waals surface area (Å²) < 4.78 is 19.3. The summed E-state index contributed by atoms with van der Waals surface area (Å²) in [6, 6.07) is 11.6. The summed E-state index contributed by atoms with van der Waals surface area (Å²) in [6.45, 7) is 4.40. The van der Waals surface area contributed by atoms with Crippen LogP contribution >= 0.6 is 11.6 Å². The molecule has 0 radical (unpaired) electrons. The van der Waals surface area contributed by atoms with Crippen LogP contribution in [0, 0.1) is 5.82 Å². The number of rotatable bonds is 3. The van der Waals surface area contributed by atoms with Crippen molar-refractivity contribution >= 4 is 28.9 Å². The van der Waals surface area contributed by atoms with Crippen LogP contribution in [-0.4, -0.2) is 31.7 Å². The first-order chi connectivity index (χ1) is 11.5. The Kier molecular flexibility index (Phi) is 5.02. The summed E-state index contributed by atoms with van der Waals surface area (Å²) >= 11 is 5.91. The van der Waals surface area contributed by atoms with Crippen molar-refractivity contribution in [1.29, 1.82) is 0 Å². The molecule has 4 nitrogen and oxygen atoms in total. The molecule has 1 atom stereocenters. The number of benzene rings is 2. The Labute approximate surface area is 145 Å². The third-order valence-corrected chi connectivity index (χ3v) is 4.24. The molecule has 24 heavy (non-hydrogen) atoms. The number of ether oxygens (including phenoxy) is 1. The fourth-order valence-electron chi connectivity index (χ4n) is 2.72. The van der Waals surface area contributed by atoms with Crippen LogP contribution in [0.15, 0.2) is 42.5 Å². The zero-order valence-electron chi connectivity index (χ0n) is 13.3. The van der Waals surface area contributed by atoms with Crippen molar-refractivity contribution in [3.63, 3.8) is 0 Å². The van der Waals surface area contributed by atoms with Gasteiger partial charge in [-0.1, -0.05) is 17.7 Å². The molecule has 0 spiro atoms. The van der Waals surface area contributed by atoms with Crippen LogP contribution in [0.1, 0.15) is 17.3 Å². The van der Waals surface area contributed by atoms with Crippen LogP contribution in [0.3, 0.4) is 0 Å². The van der Waals surface area contributed by atoms with Crippen LogP contribution in [-0.2, 0) is 4.74 Å². The van der Waals surface area contributed by atoms with E-state index in [4.69, 9.17) is 16.3 Å². The van der Waals surface area contributed by atoms with Gasteiger partial charge in [0.2, 0.25) is 0 Å². The van der Waals surface area contributed by atoms with Gasteiger partial charge in [0.15, 0.2) is 0 Å². The number of morpholine rings is 1. The number of anilines is 2. The number of halogens is 2. The quantitative estimate of drug-likeness (QED) is 0.913. The van der Waals surface area contributed by atoms with Crippen LogP contribution in [0.2, 0.25) is 5.02 Å². The molecule has 2 aromatic rings. The van der Waals surface area contributed by atoms with Crippen molar-refractivity contribution < 1.29 is 13.9 Å². The van der Waals surface area contributed by atoms with Gasteiger partial charge in [-0.15, -0.1) is 0 Å². The summed E-state index contributed by atoms with van der Waals surface area (Å²) in [7, 11) is 0. The minimum Gasteiger partial charge on any atom is -0.375 e. The lowest BCUT2D eigenvalue weighted by Gasteiger charge is -2.33. The average Bonchev–Trinajstić information content (AvgIpc) is 2.55. The highest BCUT2D eigenvalue weighted by atomic mass is 35.5. The van der Waals surface area contributed by atoms with Gasteiger partial charge < -0.3 is 15.0 Å². The fourth-order valence-corrected chi connectivity index (χ4v) is 2.97. The van der Waals surface area contributed by atoms with E-state index in [1.165, 1.54) is 18.2 Å². The molecule has 1 fully saturated rings. The van der Waals surface area contributed by atoms with Crippen molar-refractivity contribution in [3.8, 4) is 0 Å². The first-order valence-electron chi connectivity index (χ1n) is 7.76. The number of hydrogen-bond donors (Lipinski definition) is 1. The van der Waals surface area contributed by atoms with E-state index in [1.54, 1.807) is 12.1 Å². The van der Waals surface area contributed by atoms with Gasteiger partial charge in [-0.05, 0) is 43.3 Å². The molecule has 0 aliphatic carbocycles. The van der Waals surface area contributed by atoms with Crippen molar-refractivity contribution in [1.82, 2.24) is 0 Å². The van der Waals surface area contributed by atoms with Gasteiger partial charge in [0.25, 0.3) is 5.91 Å². The molecule has 2 aromatic carbocycles. The highest BCUT2D eigenvalue weighted by Gasteiger charge is 2.18. The molecular weight excluding hydrogens is 331 g/mol. The van der Waals surface area contributed by atoms with E-state index >= 15 is 0 Å². The molecule has 1 amide bonds. The summed E-state index contributed by atoms with van der Waals surface area (Å²) in [4.78, 5) is 14.5. The summed E-state index contributed by atoms with van der Waals surface area (Å²) in [6.07, 6.45) is 0.196. The van der Waals surface area contributed by atoms with Gasteiger partial charge >= 0.3 is 0 Å². The second-order valence-electron chi connectivity index (χ2n) is 5.73.